The van der Waals surface area contributed by atoms with E-state index >= 15 is 0 Å². The van der Waals surface area contributed by atoms with Gasteiger partial charge in [0.2, 0.25) is 0 Å². The molecular weight excluding hydrogens is 366 g/mol. The number of fused-ring (bicyclic) bond motifs is 1. The molecule has 1 aromatic carbocycles. The van der Waals surface area contributed by atoms with E-state index < -0.39 is 23.2 Å². The van der Waals surface area contributed by atoms with Crippen molar-refractivity contribution in [1.29, 1.82) is 0 Å². The normalized spacial score (nSPS) is 22.4. The molecule has 0 saturated heterocycles. The Bertz CT molecular complexity index is 599. The van der Waals surface area contributed by atoms with Gasteiger partial charge in [-0.1, -0.05) is 0 Å². The number of hydrogen-bond acceptors (Lipinski definition) is 0. The van der Waals surface area contributed by atoms with Gasteiger partial charge in [-0.05, 0) is 0 Å². The van der Waals surface area contributed by atoms with Crippen LogP contribution in [0.25, 0.3) is 6.08 Å². The van der Waals surface area contributed by atoms with Crippen molar-refractivity contribution in [3.05, 3.63) is 62.0 Å². The molecule has 0 nitrogen and oxygen atoms in total. The summed E-state index contributed by atoms with van der Waals surface area (Å²) in [6, 6.07) is 6.77. The van der Waals surface area contributed by atoms with E-state index in [2.05, 4.69) is 63.3 Å². The van der Waals surface area contributed by atoms with Crippen LogP contribution in [0.5, 0.6) is 0 Å². The van der Waals surface area contributed by atoms with Crippen LogP contribution in [0, 0.1) is 6.92 Å². The first-order valence-corrected chi connectivity index (χ1v) is 9.00. The first-order chi connectivity index (χ1) is 8.60. The molecule has 2 aliphatic carbocycles. The van der Waals surface area contributed by atoms with Crippen molar-refractivity contribution < 1.29 is 23.2 Å². The third-order valence-electron chi connectivity index (χ3n) is 4.04. The second kappa shape index (κ2) is 6.78. The van der Waals surface area contributed by atoms with Gasteiger partial charge in [-0.25, -0.2) is 0 Å². The summed E-state index contributed by atoms with van der Waals surface area (Å²) in [5, 5.41) is 0. The van der Waals surface area contributed by atoms with Crippen LogP contribution in [0.15, 0.2) is 45.3 Å². The number of halogens is 2. The van der Waals surface area contributed by atoms with Gasteiger partial charge in [-0.2, -0.15) is 0 Å². The van der Waals surface area contributed by atoms with E-state index in [1.165, 1.54) is 23.1 Å². The first-order valence-electron chi connectivity index (χ1n) is 6.54. The molecule has 0 radical (unpaired) electrons. The minimum absolute atomic E-state index is 0. The molecular formula is C17H20Cl2Zr. The van der Waals surface area contributed by atoms with Crippen molar-refractivity contribution in [3.63, 3.8) is 0 Å². The van der Waals surface area contributed by atoms with Crippen LogP contribution >= 0.6 is 24.8 Å². The standard InChI is InChI=1S/C11H11.C6H7.2ClH.Zr/c1-8-4-3-5-10-9(2)6-7-11(8)10;1-6-4-2-3-5-6;;;/h3-7H,1-2H3;2,4H,3H2,1H3;2*1H;. The fourth-order valence-corrected chi connectivity index (χ4v) is 6.93. The summed E-state index contributed by atoms with van der Waals surface area (Å²) >= 11 is -0.593. The Balaban J connectivity index is 0.000001000. The quantitative estimate of drug-likeness (QED) is 0.639. The van der Waals surface area contributed by atoms with Crippen molar-refractivity contribution in [3.8, 4) is 0 Å². The number of allylic oxidation sites excluding steroid dienone is 5. The van der Waals surface area contributed by atoms with E-state index in [0.29, 0.717) is 3.12 Å². The Morgan fingerprint density at radius 2 is 1.85 bits per heavy atom. The van der Waals surface area contributed by atoms with Gasteiger partial charge < -0.3 is 0 Å². The second-order valence-corrected chi connectivity index (χ2v) is 10.1. The van der Waals surface area contributed by atoms with Gasteiger partial charge in [0.1, 0.15) is 0 Å². The van der Waals surface area contributed by atoms with E-state index in [4.69, 9.17) is 0 Å². The Hall–Kier alpha value is -0.0969. The smallest absolute Gasteiger partial charge is 0.147 e. The molecule has 106 valence electrons. The van der Waals surface area contributed by atoms with Gasteiger partial charge in [0.15, 0.2) is 0 Å². The fraction of sp³-hybridized carbons (Fsp3) is 0.294. The predicted octanol–water partition coefficient (Wildman–Crippen LogP) is 5.40. The number of aryl methyl sites for hydroxylation is 1. The predicted molar refractivity (Wildman–Crippen MR) is 88.5 cm³/mol. The molecule has 1 aromatic rings. The minimum atomic E-state index is -0.593. The molecule has 0 spiro atoms. The maximum atomic E-state index is 2.47. The van der Waals surface area contributed by atoms with Crippen molar-refractivity contribution in [2.24, 2.45) is 0 Å². The summed E-state index contributed by atoms with van der Waals surface area (Å²) in [5.41, 5.74) is 6.01. The van der Waals surface area contributed by atoms with Gasteiger partial charge in [-0.3, -0.25) is 0 Å². The fourth-order valence-electron chi connectivity index (χ4n) is 2.88. The third-order valence-corrected chi connectivity index (χ3v) is 8.60. The van der Waals surface area contributed by atoms with Crippen LogP contribution < -0.4 is 0 Å². The molecule has 3 rings (SSSR count). The maximum absolute atomic E-state index is 2.47. The molecule has 0 fully saturated rings. The average Bonchev–Trinajstić information content (AvgIpc) is 2.87. The van der Waals surface area contributed by atoms with Crippen molar-refractivity contribution in [1.82, 2.24) is 0 Å². The number of benzene rings is 1. The Labute approximate surface area is 145 Å². The summed E-state index contributed by atoms with van der Waals surface area (Å²) in [7, 11) is 0. The van der Waals surface area contributed by atoms with Crippen molar-refractivity contribution in [2.45, 2.75) is 30.3 Å². The van der Waals surface area contributed by atoms with Crippen LogP contribution in [-0.4, -0.2) is 0 Å². The Kier molecular flexibility index (Phi) is 6.08. The topological polar surface area (TPSA) is 0 Å². The molecule has 0 amide bonds. The Morgan fingerprint density at radius 1 is 1.10 bits per heavy atom. The summed E-state index contributed by atoms with van der Waals surface area (Å²) in [6.45, 7) is 6.94. The molecule has 3 heteroatoms. The van der Waals surface area contributed by atoms with Crippen LogP contribution in [0.4, 0.5) is 0 Å². The van der Waals surface area contributed by atoms with Crippen LogP contribution in [0.2, 0.25) is 0 Å². The SMILES string of the molecule is CC1=[C]([Zr][C]2(C)C=Cc3c(C)cccc32)CC=C1.Cl.Cl. The summed E-state index contributed by atoms with van der Waals surface area (Å²) in [4.78, 5) is 0. The number of hydrogen-bond donors (Lipinski definition) is 0. The molecule has 0 aromatic heterocycles. The Morgan fingerprint density at radius 3 is 2.50 bits per heavy atom. The molecule has 0 saturated carbocycles. The largest absolute Gasteiger partial charge is 0.147 e. The van der Waals surface area contributed by atoms with Crippen molar-refractivity contribution >= 4 is 30.9 Å². The maximum Gasteiger partial charge on any atom is -0.147 e. The minimum Gasteiger partial charge on any atom is -0.147 e. The van der Waals surface area contributed by atoms with Crippen LogP contribution in [-0.2, 0) is 26.4 Å². The molecule has 2 aliphatic rings. The molecule has 0 N–H and O–H groups in total. The summed E-state index contributed by atoms with van der Waals surface area (Å²) in [6.07, 6.45) is 10.7. The molecule has 1 atom stereocenters. The third kappa shape index (κ3) is 3.06. The zero-order valence-electron chi connectivity index (χ0n) is 12.1. The van der Waals surface area contributed by atoms with E-state index in [1.807, 2.05) is 0 Å². The van der Waals surface area contributed by atoms with E-state index in [0.717, 1.165) is 0 Å². The average molecular weight is 386 g/mol. The van der Waals surface area contributed by atoms with E-state index in [9.17, 15) is 0 Å². The van der Waals surface area contributed by atoms with Gasteiger partial charge in [0.05, 0.1) is 0 Å². The summed E-state index contributed by atoms with van der Waals surface area (Å²) < 4.78 is 2.12. The first kappa shape index (κ1) is 18.0. The van der Waals surface area contributed by atoms with Gasteiger partial charge >= 0.3 is 122 Å². The van der Waals surface area contributed by atoms with Gasteiger partial charge in [0, 0.05) is 0 Å². The summed E-state index contributed by atoms with van der Waals surface area (Å²) in [5.74, 6) is 0. The van der Waals surface area contributed by atoms with E-state index in [1.54, 1.807) is 8.84 Å². The molecule has 20 heavy (non-hydrogen) atoms. The van der Waals surface area contributed by atoms with Crippen molar-refractivity contribution in [2.75, 3.05) is 0 Å². The second-order valence-electron chi connectivity index (χ2n) is 5.46. The van der Waals surface area contributed by atoms with Crippen LogP contribution in [0.1, 0.15) is 37.0 Å². The molecule has 0 aliphatic heterocycles. The van der Waals surface area contributed by atoms with Gasteiger partial charge in [0.25, 0.3) is 0 Å². The molecule has 1 unspecified atom stereocenters. The zero-order valence-corrected chi connectivity index (χ0v) is 16.2. The zero-order chi connectivity index (χ0) is 12.8. The number of rotatable bonds is 2. The van der Waals surface area contributed by atoms with Crippen LogP contribution in [0.3, 0.4) is 0 Å². The molecule has 0 heterocycles. The molecule has 0 bridgehead atoms. The van der Waals surface area contributed by atoms with E-state index in [-0.39, 0.29) is 24.8 Å². The van der Waals surface area contributed by atoms with Gasteiger partial charge in [-0.15, -0.1) is 24.8 Å². The monoisotopic (exact) mass is 384 g/mol.